The van der Waals surface area contributed by atoms with Crippen LogP contribution in [0.2, 0.25) is 0 Å². The van der Waals surface area contributed by atoms with Gasteiger partial charge in [0.2, 0.25) is 0 Å². The molecule has 0 saturated carbocycles. The van der Waals surface area contributed by atoms with Crippen LogP contribution in [0.3, 0.4) is 0 Å². The van der Waals surface area contributed by atoms with Crippen molar-refractivity contribution in [2.75, 3.05) is 11.9 Å². The van der Waals surface area contributed by atoms with Crippen molar-refractivity contribution in [1.29, 1.82) is 0 Å². The summed E-state index contributed by atoms with van der Waals surface area (Å²) in [6, 6.07) is 15.5. The zero-order valence-electron chi connectivity index (χ0n) is 15.5. The topological polar surface area (TPSA) is 68.3 Å². The minimum absolute atomic E-state index is 0.0776. The molecule has 0 atom stereocenters. The zero-order valence-corrected chi connectivity index (χ0v) is 16.3. The van der Waals surface area contributed by atoms with E-state index < -0.39 is 0 Å². The maximum atomic E-state index is 12.3. The number of ether oxygens (including phenoxy) is 1. The summed E-state index contributed by atoms with van der Waals surface area (Å²) in [5, 5.41) is 3.14. The highest BCUT2D eigenvalue weighted by Gasteiger charge is 2.18. The number of nitrogens with one attached hydrogen (secondary N) is 1. The molecule has 28 heavy (non-hydrogen) atoms. The van der Waals surface area contributed by atoms with E-state index in [2.05, 4.69) is 16.4 Å². The summed E-state index contributed by atoms with van der Waals surface area (Å²) in [5.74, 6) is 0.319. The maximum Gasteiger partial charge on any atom is 0.264 e. The smallest absolute Gasteiger partial charge is 0.264 e. The van der Waals surface area contributed by atoms with E-state index in [4.69, 9.17) is 4.74 Å². The van der Waals surface area contributed by atoms with Crippen molar-refractivity contribution in [2.24, 2.45) is 0 Å². The molecule has 1 aromatic heterocycles. The molecule has 0 radical (unpaired) electrons. The second kappa shape index (κ2) is 7.94. The summed E-state index contributed by atoms with van der Waals surface area (Å²) in [5.41, 5.74) is 4.10. The lowest BCUT2D eigenvalue weighted by molar-refractivity contribution is -0.118. The number of aromatic nitrogens is 1. The van der Waals surface area contributed by atoms with Gasteiger partial charge in [-0.3, -0.25) is 14.9 Å². The van der Waals surface area contributed by atoms with Crippen molar-refractivity contribution in [3.8, 4) is 17.0 Å². The third kappa shape index (κ3) is 3.97. The van der Waals surface area contributed by atoms with Crippen molar-refractivity contribution in [3.05, 3.63) is 64.5 Å². The Hall–Kier alpha value is -2.99. The van der Waals surface area contributed by atoms with E-state index in [-0.39, 0.29) is 18.3 Å². The molecule has 0 bridgehead atoms. The van der Waals surface area contributed by atoms with Gasteiger partial charge >= 0.3 is 0 Å². The quantitative estimate of drug-likeness (QED) is 0.626. The SMILES string of the molecule is CC(=O)c1sc(NC(=O)COc2ccc3c(c2)CCC3)nc1-c1ccccc1. The molecule has 3 aromatic rings. The molecule has 4 rings (SSSR count). The van der Waals surface area contributed by atoms with E-state index in [1.807, 2.05) is 42.5 Å². The molecule has 0 fully saturated rings. The molecule has 6 heteroatoms. The van der Waals surface area contributed by atoms with Crippen LogP contribution in [0.4, 0.5) is 5.13 Å². The number of rotatable bonds is 6. The van der Waals surface area contributed by atoms with Crippen LogP contribution in [-0.2, 0) is 17.6 Å². The van der Waals surface area contributed by atoms with Gasteiger partial charge in [0.1, 0.15) is 5.75 Å². The summed E-state index contributed by atoms with van der Waals surface area (Å²) in [6.45, 7) is 1.40. The second-order valence-electron chi connectivity index (χ2n) is 6.74. The maximum absolute atomic E-state index is 12.3. The fourth-order valence-corrected chi connectivity index (χ4v) is 4.25. The van der Waals surface area contributed by atoms with Gasteiger partial charge in [-0.25, -0.2) is 4.98 Å². The van der Waals surface area contributed by atoms with Crippen molar-refractivity contribution < 1.29 is 14.3 Å². The molecule has 1 heterocycles. The number of thiazole rings is 1. The largest absolute Gasteiger partial charge is 0.484 e. The Morgan fingerprint density at radius 3 is 2.68 bits per heavy atom. The molecule has 5 nitrogen and oxygen atoms in total. The highest BCUT2D eigenvalue weighted by atomic mass is 32.1. The van der Waals surface area contributed by atoms with Gasteiger partial charge in [-0.15, -0.1) is 0 Å². The van der Waals surface area contributed by atoms with Crippen molar-refractivity contribution >= 4 is 28.2 Å². The Bertz CT molecular complexity index is 1030. The fraction of sp³-hybridized carbons (Fsp3) is 0.227. The summed E-state index contributed by atoms with van der Waals surface area (Å²) in [7, 11) is 0. The number of hydrogen-bond acceptors (Lipinski definition) is 5. The van der Waals surface area contributed by atoms with Crippen LogP contribution in [0.25, 0.3) is 11.3 Å². The molecule has 1 aliphatic carbocycles. The molecule has 142 valence electrons. The van der Waals surface area contributed by atoms with E-state index >= 15 is 0 Å². The second-order valence-corrected chi connectivity index (χ2v) is 7.74. The predicted molar refractivity (Wildman–Crippen MR) is 110 cm³/mol. The first-order chi connectivity index (χ1) is 13.6. The van der Waals surface area contributed by atoms with Crippen LogP contribution in [0.5, 0.6) is 5.75 Å². The lowest BCUT2D eigenvalue weighted by atomic mass is 10.1. The van der Waals surface area contributed by atoms with Crippen LogP contribution in [0.1, 0.15) is 34.1 Å². The summed E-state index contributed by atoms with van der Waals surface area (Å²) < 4.78 is 5.63. The average molecular weight is 392 g/mol. The van der Waals surface area contributed by atoms with Gasteiger partial charge in [-0.05, 0) is 42.5 Å². The van der Waals surface area contributed by atoms with Crippen LogP contribution in [0.15, 0.2) is 48.5 Å². The Morgan fingerprint density at radius 1 is 1.11 bits per heavy atom. The molecule has 0 spiro atoms. The van der Waals surface area contributed by atoms with Gasteiger partial charge < -0.3 is 4.74 Å². The highest BCUT2D eigenvalue weighted by Crippen LogP contribution is 2.31. The third-order valence-electron chi connectivity index (χ3n) is 4.68. The summed E-state index contributed by atoms with van der Waals surface area (Å²) in [6.07, 6.45) is 3.35. The molecule has 1 N–H and O–H groups in total. The van der Waals surface area contributed by atoms with E-state index in [1.165, 1.54) is 35.8 Å². The number of hydrogen-bond donors (Lipinski definition) is 1. The first-order valence-corrected chi connectivity index (χ1v) is 10.0. The Morgan fingerprint density at radius 2 is 1.89 bits per heavy atom. The normalized spacial score (nSPS) is 12.5. The van der Waals surface area contributed by atoms with Crippen LogP contribution in [0, 0.1) is 0 Å². The van der Waals surface area contributed by atoms with E-state index in [0.717, 1.165) is 18.4 Å². The molecule has 0 aliphatic heterocycles. The number of carbonyl (C=O) groups excluding carboxylic acids is 2. The number of nitrogens with zero attached hydrogens (tertiary/aromatic N) is 1. The van der Waals surface area contributed by atoms with Crippen molar-refractivity contribution in [2.45, 2.75) is 26.2 Å². The van der Waals surface area contributed by atoms with Crippen LogP contribution < -0.4 is 10.1 Å². The molecule has 1 aliphatic rings. The number of aryl methyl sites for hydroxylation is 2. The fourth-order valence-electron chi connectivity index (χ4n) is 3.35. The molecular formula is C22H20N2O3S. The lowest BCUT2D eigenvalue weighted by Gasteiger charge is -2.07. The lowest BCUT2D eigenvalue weighted by Crippen LogP contribution is -2.20. The van der Waals surface area contributed by atoms with Gasteiger partial charge in [0.25, 0.3) is 5.91 Å². The molecule has 0 saturated heterocycles. The van der Waals surface area contributed by atoms with Crippen molar-refractivity contribution in [3.63, 3.8) is 0 Å². The van der Waals surface area contributed by atoms with Gasteiger partial charge in [-0.2, -0.15) is 0 Å². The first-order valence-electron chi connectivity index (χ1n) is 9.22. The number of fused-ring (bicyclic) bond motifs is 1. The van der Waals surface area contributed by atoms with Gasteiger partial charge in [0, 0.05) is 12.5 Å². The molecular weight excluding hydrogens is 372 g/mol. The highest BCUT2D eigenvalue weighted by molar-refractivity contribution is 7.18. The number of ketones is 1. The summed E-state index contributed by atoms with van der Waals surface area (Å²) >= 11 is 1.18. The zero-order chi connectivity index (χ0) is 19.5. The Labute approximate surface area is 167 Å². The number of carbonyl (C=O) groups is 2. The first kappa shape index (κ1) is 18.4. The number of anilines is 1. The van der Waals surface area contributed by atoms with Crippen molar-refractivity contribution in [1.82, 2.24) is 4.98 Å². The Balaban J connectivity index is 1.44. The average Bonchev–Trinajstić information content (AvgIpc) is 3.33. The minimum atomic E-state index is -0.302. The third-order valence-corrected chi connectivity index (χ3v) is 5.75. The summed E-state index contributed by atoms with van der Waals surface area (Å²) in [4.78, 5) is 29.3. The van der Waals surface area contributed by atoms with Gasteiger partial charge in [-0.1, -0.05) is 47.7 Å². The molecule has 1 amide bonds. The van der Waals surface area contributed by atoms with Gasteiger partial charge in [0.15, 0.2) is 17.5 Å². The van der Waals surface area contributed by atoms with Gasteiger partial charge in [0.05, 0.1) is 10.6 Å². The Kier molecular flexibility index (Phi) is 5.21. The number of amides is 1. The number of benzene rings is 2. The monoisotopic (exact) mass is 392 g/mol. The minimum Gasteiger partial charge on any atom is -0.484 e. The van der Waals surface area contributed by atoms with E-state index in [9.17, 15) is 9.59 Å². The molecule has 2 aromatic carbocycles. The molecule has 0 unspecified atom stereocenters. The standard InChI is InChI=1S/C22H20N2O3S/c1-14(25)21-20(16-6-3-2-4-7-16)24-22(28-21)23-19(26)13-27-18-11-10-15-8-5-9-17(15)12-18/h2-4,6-7,10-12H,5,8-9,13H2,1H3,(H,23,24,26). The predicted octanol–water partition coefficient (Wildman–Crippen LogP) is 4.52. The number of Topliss-reactive ketones (excluding diaryl/α,β-unsaturated/α-hetero) is 1. The van der Waals surface area contributed by atoms with E-state index in [0.29, 0.717) is 21.5 Å². The van der Waals surface area contributed by atoms with Crippen LogP contribution in [-0.4, -0.2) is 23.3 Å². The van der Waals surface area contributed by atoms with E-state index in [1.54, 1.807) is 0 Å². The van der Waals surface area contributed by atoms with Crippen LogP contribution >= 0.6 is 11.3 Å².